The fourth-order valence-corrected chi connectivity index (χ4v) is 6.07. The molecule has 0 radical (unpaired) electrons. The van der Waals surface area contributed by atoms with Crippen molar-refractivity contribution in [2.75, 3.05) is 14.2 Å². The van der Waals surface area contributed by atoms with E-state index in [4.69, 9.17) is 14.2 Å². The van der Waals surface area contributed by atoms with E-state index in [9.17, 15) is 9.59 Å². The Morgan fingerprint density at radius 1 is 0.974 bits per heavy atom. The largest absolute Gasteiger partial charge is 0.493 e. The number of dihydropyridines is 1. The molecule has 0 spiro atoms. The highest BCUT2D eigenvalue weighted by atomic mass is 19.1. The molecular weight excluding hydrogens is 485 g/mol. The van der Waals surface area contributed by atoms with E-state index in [2.05, 4.69) is 5.32 Å². The van der Waals surface area contributed by atoms with E-state index in [1.165, 1.54) is 6.07 Å². The molecule has 2 aromatic carbocycles. The molecule has 200 valence electrons. The van der Waals surface area contributed by atoms with Gasteiger partial charge in [0.25, 0.3) is 0 Å². The number of esters is 1. The summed E-state index contributed by atoms with van der Waals surface area (Å²) in [6.07, 6.45) is 5.48. The van der Waals surface area contributed by atoms with Crippen LogP contribution in [0.2, 0.25) is 0 Å². The van der Waals surface area contributed by atoms with E-state index < -0.39 is 17.7 Å². The normalized spacial score (nSPS) is 22.1. The topological polar surface area (TPSA) is 73.9 Å². The lowest BCUT2D eigenvalue weighted by atomic mass is 9.71. The van der Waals surface area contributed by atoms with E-state index in [0.29, 0.717) is 40.3 Å². The lowest BCUT2D eigenvalue weighted by Crippen LogP contribution is -2.37. The molecule has 7 heteroatoms. The molecule has 0 saturated heterocycles. The first kappa shape index (κ1) is 26.0. The van der Waals surface area contributed by atoms with Gasteiger partial charge >= 0.3 is 5.97 Å². The number of rotatable bonds is 6. The molecule has 2 aliphatic carbocycles. The van der Waals surface area contributed by atoms with Gasteiger partial charge in [-0.05, 0) is 68.7 Å². The molecule has 38 heavy (non-hydrogen) atoms. The first-order chi connectivity index (χ1) is 18.4. The number of halogens is 1. The Morgan fingerprint density at radius 3 is 2.42 bits per heavy atom. The van der Waals surface area contributed by atoms with Crippen LogP contribution in [0.5, 0.6) is 11.5 Å². The fourth-order valence-electron chi connectivity index (χ4n) is 6.07. The maximum atomic E-state index is 15.2. The van der Waals surface area contributed by atoms with Crippen molar-refractivity contribution in [1.29, 1.82) is 0 Å². The Balaban J connectivity index is 1.52. The number of benzene rings is 2. The molecule has 1 aliphatic heterocycles. The molecule has 5 rings (SSSR count). The first-order valence-corrected chi connectivity index (χ1v) is 13.3. The third-order valence-electron chi connectivity index (χ3n) is 7.97. The van der Waals surface area contributed by atoms with E-state index in [1.807, 2.05) is 18.2 Å². The SMILES string of the molecule is COc1ccc([C@H]2CC(=O)C3=C(C2)NC(C)=C(C(=O)OC2CCCCC2)[C@H]3c2ccccc2F)cc1OC. The van der Waals surface area contributed by atoms with Crippen LogP contribution in [0.1, 0.15) is 74.8 Å². The molecule has 3 aliphatic rings. The third-order valence-corrected chi connectivity index (χ3v) is 7.97. The van der Waals surface area contributed by atoms with Gasteiger partial charge < -0.3 is 19.5 Å². The van der Waals surface area contributed by atoms with Crippen LogP contribution in [0.25, 0.3) is 0 Å². The van der Waals surface area contributed by atoms with Crippen molar-refractivity contribution in [3.05, 3.63) is 81.9 Å². The van der Waals surface area contributed by atoms with E-state index in [-0.39, 0.29) is 24.2 Å². The Morgan fingerprint density at radius 2 is 1.71 bits per heavy atom. The number of ketones is 1. The second-order valence-electron chi connectivity index (χ2n) is 10.3. The summed E-state index contributed by atoms with van der Waals surface area (Å²) in [5.41, 5.74) is 3.36. The minimum Gasteiger partial charge on any atom is -0.493 e. The highest BCUT2D eigenvalue weighted by Gasteiger charge is 2.42. The lowest BCUT2D eigenvalue weighted by molar-refractivity contribution is -0.146. The van der Waals surface area contributed by atoms with Crippen molar-refractivity contribution in [3.63, 3.8) is 0 Å². The van der Waals surface area contributed by atoms with Crippen molar-refractivity contribution < 1.29 is 28.2 Å². The van der Waals surface area contributed by atoms with Gasteiger partial charge in [0.15, 0.2) is 17.3 Å². The van der Waals surface area contributed by atoms with Gasteiger partial charge in [-0.3, -0.25) is 4.79 Å². The lowest BCUT2D eigenvalue weighted by Gasteiger charge is -2.37. The highest BCUT2D eigenvalue weighted by molar-refractivity contribution is 6.04. The quantitative estimate of drug-likeness (QED) is 0.466. The van der Waals surface area contributed by atoms with Gasteiger partial charge in [-0.25, -0.2) is 9.18 Å². The zero-order chi connectivity index (χ0) is 26.8. The summed E-state index contributed by atoms with van der Waals surface area (Å²) in [7, 11) is 3.16. The van der Waals surface area contributed by atoms with Gasteiger partial charge in [0, 0.05) is 29.0 Å². The van der Waals surface area contributed by atoms with Gasteiger partial charge in [0.2, 0.25) is 0 Å². The molecular formula is C31H34FNO5. The second kappa shape index (κ2) is 11.0. The molecule has 0 amide bonds. The van der Waals surface area contributed by atoms with Crippen LogP contribution < -0.4 is 14.8 Å². The summed E-state index contributed by atoms with van der Waals surface area (Å²) in [5.74, 6) is -0.730. The van der Waals surface area contributed by atoms with Crippen LogP contribution in [0.4, 0.5) is 4.39 Å². The predicted molar refractivity (Wildman–Crippen MR) is 141 cm³/mol. The van der Waals surface area contributed by atoms with Crippen LogP contribution in [-0.4, -0.2) is 32.1 Å². The van der Waals surface area contributed by atoms with Crippen molar-refractivity contribution in [2.45, 2.75) is 69.8 Å². The Hall–Kier alpha value is -3.61. The van der Waals surface area contributed by atoms with Crippen LogP contribution in [0, 0.1) is 5.82 Å². The fraction of sp³-hybridized carbons (Fsp3) is 0.419. The number of carbonyl (C=O) groups is 2. The zero-order valence-electron chi connectivity index (χ0n) is 22.1. The van der Waals surface area contributed by atoms with Gasteiger partial charge in [-0.1, -0.05) is 30.7 Å². The summed E-state index contributed by atoms with van der Waals surface area (Å²) in [5, 5.41) is 3.35. The third kappa shape index (κ3) is 4.94. The van der Waals surface area contributed by atoms with Crippen molar-refractivity contribution in [1.82, 2.24) is 5.32 Å². The number of carbonyl (C=O) groups excluding carboxylic acids is 2. The molecule has 0 unspecified atom stereocenters. The van der Waals surface area contributed by atoms with Crippen molar-refractivity contribution in [2.24, 2.45) is 0 Å². The molecule has 2 aromatic rings. The Labute approximate surface area is 222 Å². The van der Waals surface area contributed by atoms with Gasteiger partial charge in [0.05, 0.1) is 25.7 Å². The van der Waals surface area contributed by atoms with Crippen LogP contribution in [0.3, 0.4) is 0 Å². The number of hydrogen-bond donors (Lipinski definition) is 1. The molecule has 1 N–H and O–H groups in total. The zero-order valence-corrected chi connectivity index (χ0v) is 22.1. The maximum Gasteiger partial charge on any atom is 0.337 e. The molecule has 2 atom stereocenters. The molecule has 1 fully saturated rings. The summed E-state index contributed by atoms with van der Waals surface area (Å²) < 4.78 is 32.0. The van der Waals surface area contributed by atoms with Crippen LogP contribution in [-0.2, 0) is 14.3 Å². The van der Waals surface area contributed by atoms with Crippen molar-refractivity contribution in [3.8, 4) is 11.5 Å². The number of allylic oxidation sites excluding steroid dienone is 3. The number of hydrogen-bond acceptors (Lipinski definition) is 6. The average Bonchev–Trinajstić information content (AvgIpc) is 2.92. The molecule has 0 aromatic heterocycles. The van der Waals surface area contributed by atoms with Crippen LogP contribution in [0.15, 0.2) is 65.0 Å². The first-order valence-electron chi connectivity index (χ1n) is 13.3. The van der Waals surface area contributed by atoms with Crippen molar-refractivity contribution >= 4 is 11.8 Å². The summed E-state index contributed by atoms with van der Waals surface area (Å²) in [6, 6.07) is 12.1. The summed E-state index contributed by atoms with van der Waals surface area (Å²) in [4.78, 5) is 27.4. The second-order valence-corrected chi connectivity index (χ2v) is 10.3. The van der Waals surface area contributed by atoms with Gasteiger partial charge in [-0.2, -0.15) is 0 Å². The predicted octanol–water partition coefficient (Wildman–Crippen LogP) is 6.08. The smallest absolute Gasteiger partial charge is 0.337 e. The number of ether oxygens (including phenoxy) is 3. The molecule has 6 nitrogen and oxygen atoms in total. The number of methoxy groups -OCH3 is 2. The molecule has 1 saturated carbocycles. The number of Topliss-reactive ketones (excluding diaryl/α,β-unsaturated/α-hetero) is 1. The molecule has 0 bridgehead atoms. The summed E-state index contributed by atoms with van der Waals surface area (Å²) >= 11 is 0. The average molecular weight is 520 g/mol. The Bertz CT molecular complexity index is 1310. The van der Waals surface area contributed by atoms with E-state index in [1.54, 1.807) is 39.3 Å². The van der Waals surface area contributed by atoms with Crippen LogP contribution >= 0.6 is 0 Å². The van der Waals surface area contributed by atoms with Gasteiger partial charge in [0.1, 0.15) is 11.9 Å². The maximum absolute atomic E-state index is 15.2. The minimum absolute atomic E-state index is 0.0987. The monoisotopic (exact) mass is 519 g/mol. The van der Waals surface area contributed by atoms with E-state index in [0.717, 1.165) is 43.4 Å². The number of nitrogens with one attached hydrogen (secondary N) is 1. The van der Waals surface area contributed by atoms with Gasteiger partial charge in [-0.15, -0.1) is 0 Å². The minimum atomic E-state index is -0.817. The standard InChI is InChI=1S/C31H34FNO5/c1-18-28(31(35)38-21-9-5-4-6-10-21)29(22-11-7-8-12-23(22)32)30-24(33-18)15-20(16-25(30)34)19-13-14-26(36-2)27(17-19)37-3/h7-8,11-14,17,20-21,29,33H,4-6,9-10,15-16H2,1-3H3/t20-,29-/m1/s1. The highest BCUT2D eigenvalue weighted by Crippen LogP contribution is 2.47. The molecule has 1 heterocycles. The summed E-state index contributed by atoms with van der Waals surface area (Å²) in [6.45, 7) is 1.81. The Kier molecular flexibility index (Phi) is 7.54. The van der Waals surface area contributed by atoms with E-state index >= 15 is 4.39 Å².